The van der Waals surface area contributed by atoms with E-state index in [1.54, 1.807) is 7.11 Å². The lowest BCUT2D eigenvalue weighted by Crippen LogP contribution is -2.46. The summed E-state index contributed by atoms with van der Waals surface area (Å²) in [6.07, 6.45) is 2.67. The summed E-state index contributed by atoms with van der Waals surface area (Å²) >= 11 is 0. The van der Waals surface area contributed by atoms with Gasteiger partial charge in [0, 0.05) is 25.7 Å². The van der Waals surface area contributed by atoms with E-state index < -0.39 is 0 Å². The molecule has 1 aliphatic rings. The van der Waals surface area contributed by atoms with Crippen LogP contribution in [-0.2, 0) is 4.74 Å². The minimum atomic E-state index is 0.434. The van der Waals surface area contributed by atoms with Crippen molar-refractivity contribution < 1.29 is 4.74 Å². The Balaban J connectivity index is 2.59. The Labute approximate surface area is 113 Å². The zero-order valence-corrected chi connectivity index (χ0v) is 13.1. The lowest BCUT2D eigenvalue weighted by molar-refractivity contribution is 0.0856. The van der Waals surface area contributed by atoms with Crippen LogP contribution >= 0.6 is 0 Å². The zero-order chi connectivity index (χ0) is 13.8. The molecule has 1 fully saturated rings. The Bertz CT molecular complexity index is 243. The maximum atomic E-state index is 5.29. The van der Waals surface area contributed by atoms with E-state index in [0.717, 1.165) is 19.1 Å². The number of hydrogen-bond acceptors (Lipinski definition) is 3. The van der Waals surface area contributed by atoms with Crippen molar-refractivity contribution in [2.24, 2.45) is 11.3 Å². The summed E-state index contributed by atoms with van der Waals surface area (Å²) in [4.78, 5) is 2.56. The summed E-state index contributed by atoms with van der Waals surface area (Å²) in [6.45, 7) is 12.4. The molecule has 0 bridgehead atoms. The third-order valence-electron chi connectivity index (χ3n) is 4.69. The van der Waals surface area contributed by atoms with Gasteiger partial charge in [-0.1, -0.05) is 20.8 Å². The SMILES string of the molecule is CCN(CC1CCC(C)(C)C1NC)C(C)COC. The van der Waals surface area contributed by atoms with Crippen molar-refractivity contribution in [2.75, 3.05) is 33.9 Å². The number of methoxy groups -OCH3 is 1. The largest absolute Gasteiger partial charge is 0.383 e. The summed E-state index contributed by atoms with van der Waals surface area (Å²) in [5, 5.41) is 3.55. The molecule has 0 aromatic carbocycles. The standard InChI is InChI=1S/C15H32N2O/c1-7-17(12(2)11-18-6)10-13-8-9-15(3,4)14(13)16-5/h12-14,16H,7-11H2,1-6H3. The van der Waals surface area contributed by atoms with Crippen LogP contribution in [0.15, 0.2) is 0 Å². The quantitative estimate of drug-likeness (QED) is 0.757. The Morgan fingerprint density at radius 3 is 2.61 bits per heavy atom. The Hall–Kier alpha value is -0.120. The summed E-state index contributed by atoms with van der Waals surface area (Å²) in [5.74, 6) is 0.768. The van der Waals surface area contributed by atoms with Gasteiger partial charge in [-0.2, -0.15) is 0 Å². The van der Waals surface area contributed by atoms with Crippen LogP contribution in [0.25, 0.3) is 0 Å². The van der Waals surface area contributed by atoms with Crippen LogP contribution in [0.4, 0.5) is 0 Å². The highest BCUT2D eigenvalue weighted by molar-refractivity contribution is 4.96. The summed E-state index contributed by atoms with van der Waals surface area (Å²) in [7, 11) is 3.90. The van der Waals surface area contributed by atoms with Gasteiger partial charge in [0.25, 0.3) is 0 Å². The van der Waals surface area contributed by atoms with Gasteiger partial charge in [0.1, 0.15) is 0 Å². The van der Waals surface area contributed by atoms with E-state index in [-0.39, 0.29) is 0 Å². The van der Waals surface area contributed by atoms with Crippen molar-refractivity contribution in [2.45, 2.75) is 52.6 Å². The fourth-order valence-electron chi connectivity index (χ4n) is 3.61. The summed E-state index contributed by atoms with van der Waals surface area (Å²) < 4.78 is 5.29. The van der Waals surface area contributed by atoms with Crippen molar-refractivity contribution in [1.82, 2.24) is 10.2 Å². The van der Waals surface area contributed by atoms with E-state index in [1.807, 2.05) is 0 Å². The minimum Gasteiger partial charge on any atom is -0.383 e. The monoisotopic (exact) mass is 256 g/mol. The molecule has 0 aliphatic heterocycles. The van der Waals surface area contributed by atoms with Crippen LogP contribution in [0.2, 0.25) is 0 Å². The van der Waals surface area contributed by atoms with Gasteiger partial charge in [-0.15, -0.1) is 0 Å². The van der Waals surface area contributed by atoms with Crippen LogP contribution < -0.4 is 5.32 Å². The number of ether oxygens (including phenoxy) is 1. The first kappa shape index (κ1) is 15.9. The molecule has 1 saturated carbocycles. The molecule has 3 unspecified atom stereocenters. The molecule has 0 radical (unpaired) electrons. The molecular formula is C15H32N2O. The second-order valence-electron chi connectivity index (χ2n) is 6.45. The maximum Gasteiger partial charge on any atom is 0.0615 e. The zero-order valence-electron chi connectivity index (χ0n) is 13.1. The first-order valence-corrected chi connectivity index (χ1v) is 7.36. The summed E-state index contributed by atoms with van der Waals surface area (Å²) in [6, 6.07) is 1.16. The van der Waals surface area contributed by atoms with E-state index in [9.17, 15) is 0 Å². The van der Waals surface area contributed by atoms with E-state index in [2.05, 4.69) is 45.0 Å². The predicted molar refractivity (Wildman–Crippen MR) is 77.9 cm³/mol. The van der Waals surface area contributed by atoms with E-state index >= 15 is 0 Å². The lowest BCUT2D eigenvalue weighted by Gasteiger charge is -2.35. The van der Waals surface area contributed by atoms with Crippen LogP contribution in [-0.4, -0.2) is 50.8 Å². The fourth-order valence-corrected chi connectivity index (χ4v) is 3.61. The highest BCUT2D eigenvalue weighted by Crippen LogP contribution is 2.41. The number of nitrogens with zero attached hydrogens (tertiary/aromatic N) is 1. The molecule has 0 aromatic rings. The van der Waals surface area contributed by atoms with Gasteiger partial charge >= 0.3 is 0 Å². The molecule has 1 aliphatic carbocycles. The molecule has 1 rings (SSSR count). The minimum absolute atomic E-state index is 0.434. The normalized spacial score (nSPS) is 28.8. The van der Waals surface area contributed by atoms with Crippen molar-refractivity contribution in [3.05, 3.63) is 0 Å². The third-order valence-corrected chi connectivity index (χ3v) is 4.69. The van der Waals surface area contributed by atoms with E-state index in [4.69, 9.17) is 4.74 Å². The lowest BCUT2D eigenvalue weighted by atomic mass is 9.84. The molecule has 1 N–H and O–H groups in total. The molecular weight excluding hydrogens is 224 g/mol. The number of nitrogens with one attached hydrogen (secondary N) is 1. The number of rotatable bonds is 7. The van der Waals surface area contributed by atoms with Gasteiger partial charge in [-0.05, 0) is 44.7 Å². The Kier molecular flexibility index (Phi) is 6.09. The first-order chi connectivity index (χ1) is 8.46. The van der Waals surface area contributed by atoms with Crippen LogP contribution in [0.3, 0.4) is 0 Å². The van der Waals surface area contributed by atoms with Crippen molar-refractivity contribution in [1.29, 1.82) is 0 Å². The molecule has 0 amide bonds. The van der Waals surface area contributed by atoms with Gasteiger partial charge in [0.15, 0.2) is 0 Å². The Morgan fingerprint density at radius 2 is 2.11 bits per heavy atom. The average Bonchev–Trinajstić information content (AvgIpc) is 2.60. The molecule has 3 nitrogen and oxygen atoms in total. The molecule has 18 heavy (non-hydrogen) atoms. The van der Waals surface area contributed by atoms with Gasteiger partial charge in [-0.3, -0.25) is 4.90 Å². The predicted octanol–water partition coefficient (Wildman–Crippen LogP) is 2.37. The second-order valence-corrected chi connectivity index (χ2v) is 6.45. The van der Waals surface area contributed by atoms with Gasteiger partial charge in [-0.25, -0.2) is 0 Å². The maximum absolute atomic E-state index is 5.29. The van der Waals surface area contributed by atoms with Crippen LogP contribution in [0, 0.1) is 11.3 Å². The van der Waals surface area contributed by atoms with Gasteiger partial charge in [0.05, 0.1) is 6.61 Å². The molecule has 0 saturated heterocycles. The average molecular weight is 256 g/mol. The second kappa shape index (κ2) is 6.88. The topological polar surface area (TPSA) is 24.5 Å². The van der Waals surface area contributed by atoms with Gasteiger partial charge < -0.3 is 10.1 Å². The molecule has 108 valence electrons. The molecule has 0 heterocycles. The van der Waals surface area contributed by atoms with E-state index in [0.29, 0.717) is 17.5 Å². The molecule has 3 heteroatoms. The fraction of sp³-hybridized carbons (Fsp3) is 1.00. The highest BCUT2D eigenvalue weighted by Gasteiger charge is 2.41. The van der Waals surface area contributed by atoms with Crippen LogP contribution in [0.1, 0.15) is 40.5 Å². The van der Waals surface area contributed by atoms with Crippen molar-refractivity contribution in [3.8, 4) is 0 Å². The summed E-state index contributed by atoms with van der Waals surface area (Å²) in [5.41, 5.74) is 0.434. The van der Waals surface area contributed by atoms with Gasteiger partial charge in [0.2, 0.25) is 0 Å². The van der Waals surface area contributed by atoms with Crippen molar-refractivity contribution in [3.63, 3.8) is 0 Å². The molecule has 0 spiro atoms. The molecule has 3 atom stereocenters. The first-order valence-electron chi connectivity index (χ1n) is 7.36. The van der Waals surface area contributed by atoms with Crippen LogP contribution in [0.5, 0.6) is 0 Å². The smallest absolute Gasteiger partial charge is 0.0615 e. The third kappa shape index (κ3) is 3.69. The van der Waals surface area contributed by atoms with Crippen molar-refractivity contribution >= 4 is 0 Å². The number of likely N-dealkylation sites (N-methyl/N-ethyl adjacent to an activating group) is 1. The highest BCUT2D eigenvalue weighted by atomic mass is 16.5. The molecule has 0 aromatic heterocycles. The van der Waals surface area contributed by atoms with E-state index in [1.165, 1.54) is 19.4 Å². The number of hydrogen-bond donors (Lipinski definition) is 1. The Morgan fingerprint density at radius 1 is 1.44 bits per heavy atom.